The molecule has 202 valence electrons. The fourth-order valence-electron chi connectivity index (χ4n) is 4.44. The lowest BCUT2D eigenvalue weighted by molar-refractivity contribution is 0.215. The molecule has 0 fully saturated rings. The average Bonchev–Trinajstić information content (AvgIpc) is 3.01. The van der Waals surface area contributed by atoms with E-state index >= 15 is 0 Å². The van der Waals surface area contributed by atoms with Crippen LogP contribution in [0.1, 0.15) is 11.1 Å². The molecule has 8 heteroatoms. The number of phenolic OH excluding ortho intramolecular Hbond substituents is 1. The van der Waals surface area contributed by atoms with E-state index in [1.807, 2.05) is 36.4 Å². The molecule has 0 heterocycles. The van der Waals surface area contributed by atoms with Gasteiger partial charge in [0.2, 0.25) is 0 Å². The second-order valence-electron chi connectivity index (χ2n) is 9.16. The number of hydrogen-bond donors (Lipinski definition) is 2. The van der Waals surface area contributed by atoms with Gasteiger partial charge in [0, 0.05) is 16.3 Å². The number of phenols is 1. The third-order valence-corrected chi connectivity index (χ3v) is 9.52. The molecule has 7 nitrogen and oxygen atoms in total. The number of amides is 1. The molecule has 2 N–H and O–H groups in total. The number of ether oxygens (including phenoxy) is 2. The molecular formula is C33H25N2O5P. The van der Waals surface area contributed by atoms with Gasteiger partial charge < -0.3 is 19.1 Å². The minimum Gasteiger partial charge on any atom is -0.507 e. The Morgan fingerprint density at radius 1 is 0.756 bits per heavy atom. The summed E-state index contributed by atoms with van der Waals surface area (Å²) in [6.07, 6.45) is 1.59. The predicted octanol–water partition coefficient (Wildman–Crippen LogP) is 6.09. The van der Waals surface area contributed by atoms with Crippen LogP contribution in [0.4, 0.5) is 10.5 Å². The van der Waals surface area contributed by atoms with E-state index in [0.29, 0.717) is 28.5 Å². The Bertz CT molecular complexity index is 1690. The van der Waals surface area contributed by atoms with Crippen LogP contribution >= 0.6 is 7.14 Å². The molecule has 0 bridgehead atoms. The van der Waals surface area contributed by atoms with Crippen molar-refractivity contribution in [3.63, 3.8) is 0 Å². The molecule has 0 atom stereocenters. The Morgan fingerprint density at radius 2 is 1.29 bits per heavy atom. The first-order chi connectivity index (χ1) is 20.0. The lowest BCUT2D eigenvalue weighted by Crippen LogP contribution is -2.25. The van der Waals surface area contributed by atoms with Crippen LogP contribution in [-0.2, 0) is 11.0 Å². The molecule has 5 rings (SSSR count). The van der Waals surface area contributed by atoms with Gasteiger partial charge in [0.05, 0.1) is 5.30 Å². The third kappa shape index (κ3) is 6.30. The highest BCUT2D eigenvalue weighted by Gasteiger charge is 2.32. The van der Waals surface area contributed by atoms with Gasteiger partial charge in [-0.15, -0.1) is 5.26 Å². The number of anilines is 1. The monoisotopic (exact) mass is 560 g/mol. The molecule has 5 aromatic carbocycles. The summed E-state index contributed by atoms with van der Waals surface area (Å²) in [6, 6.07) is 36.7. The van der Waals surface area contributed by atoms with Gasteiger partial charge in [-0.05, 0) is 60.0 Å². The molecule has 0 unspecified atom stereocenters. The molecule has 0 saturated heterocycles. The van der Waals surface area contributed by atoms with Crippen molar-refractivity contribution in [3.8, 4) is 23.5 Å². The average molecular weight is 561 g/mol. The fraction of sp³-hybridized carbons (Fsp3) is 0.0303. The predicted molar refractivity (Wildman–Crippen MR) is 159 cm³/mol. The molecule has 0 spiro atoms. The van der Waals surface area contributed by atoms with Gasteiger partial charge in [0.15, 0.2) is 7.14 Å². The number of aromatic hydroxyl groups is 1. The summed E-state index contributed by atoms with van der Waals surface area (Å²) >= 11 is 0. The second kappa shape index (κ2) is 12.3. The number of benzene rings is 5. The van der Waals surface area contributed by atoms with Gasteiger partial charge in [-0.2, -0.15) is 0 Å². The van der Waals surface area contributed by atoms with Gasteiger partial charge in [0.25, 0.3) is 6.26 Å². The van der Waals surface area contributed by atoms with Crippen molar-refractivity contribution in [2.75, 3.05) is 5.32 Å². The van der Waals surface area contributed by atoms with Gasteiger partial charge in [-0.25, -0.2) is 4.79 Å². The van der Waals surface area contributed by atoms with Crippen molar-refractivity contribution in [1.82, 2.24) is 0 Å². The van der Waals surface area contributed by atoms with Crippen LogP contribution in [0.5, 0.6) is 17.2 Å². The zero-order valence-corrected chi connectivity index (χ0v) is 22.7. The Kier molecular flexibility index (Phi) is 8.15. The van der Waals surface area contributed by atoms with E-state index in [4.69, 9.17) is 14.7 Å². The van der Waals surface area contributed by atoms with Crippen molar-refractivity contribution in [2.45, 2.75) is 6.42 Å². The van der Waals surface area contributed by atoms with Crippen LogP contribution in [0.25, 0.3) is 0 Å². The first-order valence-corrected chi connectivity index (χ1v) is 14.4. The van der Waals surface area contributed by atoms with Gasteiger partial charge in [0.1, 0.15) is 17.2 Å². The highest BCUT2D eigenvalue weighted by molar-refractivity contribution is 7.85. The number of carbonyl (C=O) groups is 1. The molecule has 0 aromatic heterocycles. The van der Waals surface area contributed by atoms with E-state index in [1.165, 1.54) is 18.2 Å². The second-order valence-corrected chi connectivity index (χ2v) is 11.9. The van der Waals surface area contributed by atoms with Crippen molar-refractivity contribution < 1.29 is 23.9 Å². The summed E-state index contributed by atoms with van der Waals surface area (Å²) in [5.74, 6) is 0.470. The number of nitriles is 1. The standard InChI is InChI=1S/C33H25N2O5P/c34-23-39-27-17-13-25(14-18-27)21-24-11-15-26(16-12-24)35-33(37)40-28-19-20-31(36)32(22-28)41(38,29-7-3-1-4-8-29)30-9-5-2-6-10-30/h1-20,22,36H,21H2,(H,35,37). The lowest BCUT2D eigenvalue weighted by atomic mass is 10.0. The van der Waals surface area contributed by atoms with E-state index < -0.39 is 13.2 Å². The zero-order valence-electron chi connectivity index (χ0n) is 21.8. The number of hydrogen-bond acceptors (Lipinski definition) is 6. The molecule has 0 radical (unpaired) electrons. The van der Waals surface area contributed by atoms with Crippen LogP contribution in [-0.4, -0.2) is 11.2 Å². The lowest BCUT2D eigenvalue weighted by Gasteiger charge is -2.21. The summed E-state index contributed by atoms with van der Waals surface area (Å²) < 4.78 is 25.0. The quantitative estimate of drug-likeness (QED) is 0.176. The normalized spacial score (nSPS) is 10.8. The third-order valence-electron chi connectivity index (χ3n) is 6.43. The maximum atomic E-state index is 14.6. The molecule has 0 aliphatic carbocycles. The minimum atomic E-state index is -3.47. The van der Waals surface area contributed by atoms with Crippen LogP contribution in [0.3, 0.4) is 0 Å². The van der Waals surface area contributed by atoms with Crippen molar-refractivity contribution >= 4 is 34.8 Å². The molecular weight excluding hydrogens is 535 g/mol. The first kappa shape index (κ1) is 27.3. The molecule has 0 saturated carbocycles. The molecule has 5 aromatic rings. The first-order valence-electron chi connectivity index (χ1n) is 12.7. The van der Waals surface area contributed by atoms with Crippen LogP contribution < -0.4 is 30.7 Å². The summed E-state index contributed by atoms with van der Waals surface area (Å²) in [6.45, 7) is 0. The highest BCUT2D eigenvalue weighted by Crippen LogP contribution is 2.45. The van der Waals surface area contributed by atoms with E-state index in [2.05, 4.69) is 5.32 Å². The summed E-state index contributed by atoms with van der Waals surface area (Å²) in [5, 5.41) is 23.4. The van der Waals surface area contributed by atoms with E-state index in [-0.39, 0.29) is 16.8 Å². The number of carbonyl (C=O) groups excluding carboxylic acids is 1. The molecule has 41 heavy (non-hydrogen) atoms. The largest absolute Gasteiger partial charge is 0.507 e. The van der Waals surface area contributed by atoms with Crippen molar-refractivity contribution in [1.29, 1.82) is 5.26 Å². The Morgan fingerprint density at radius 3 is 1.85 bits per heavy atom. The number of nitrogens with zero attached hydrogens (tertiary/aromatic N) is 1. The van der Waals surface area contributed by atoms with E-state index in [9.17, 15) is 14.5 Å². The number of rotatable bonds is 8. The topological polar surface area (TPSA) is 109 Å². The Balaban J connectivity index is 1.31. The van der Waals surface area contributed by atoms with Crippen LogP contribution in [0.15, 0.2) is 127 Å². The van der Waals surface area contributed by atoms with E-state index in [0.717, 1.165) is 11.1 Å². The van der Waals surface area contributed by atoms with Crippen molar-refractivity contribution in [2.24, 2.45) is 0 Å². The molecule has 0 aliphatic heterocycles. The SMILES string of the molecule is N#COc1ccc(Cc2ccc(NC(=O)Oc3ccc(O)c(P(=O)(c4ccccc4)c4ccccc4)c3)cc2)cc1. The summed E-state index contributed by atoms with van der Waals surface area (Å²) in [4.78, 5) is 12.7. The highest BCUT2D eigenvalue weighted by atomic mass is 31.2. The Hall–Kier alpha value is -5.31. The van der Waals surface area contributed by atoms with Crippen molar-refractivity contribution in [3.05, 3.63) is 139 Å². The zero-order chi connectivity index (χ0) is 28.7. The molecule has 0 aliphatic rings. The smallest absolute Gasteiger partial charge is 0.417 e. The van der Waals surface area contributed by atoms with Gasteiger partial charge in [-0.3, -0.25) is 5.32 Å². The van der Waals surface area contributed by atoms with E-state index in [1.54, 1.807) is 79.1 Å². The number of nitrogens with one attached hydrogen (secondary N) is 1. The van der Waals surface area contributed by atoms with Crippen LogP contribution in [0, 0.1) is 11.5 Å². The summed E-state index contributed by atoms with van der Waals surface area (Å²) in [5.41, 5.74) is 2.61. The Labute approximate surface area is 237 Å². The summed E-state index contributed by atoms with van der Waals surface area (Å²) in [7, 11) is -3.47. The van der Waals surface area contributed by atoms with Gasteiger partial charge >= 0.3 is 6.09 Å². The fourth-order valence-corrected chi connectivity index (χ4v) is 7.19. The minimum absolute atomic E-state index is 0.142. The van der Waals surface area contributed by atoms with Crippen LogP contribution in [0.2, 0.25) is 0 Å². The molecule has 1 amide bonds. The maximum absolute atomic E-state index is 14.6. The van der Waals surface area contributed by atoms with Gasteiger partial charge in [-0.1, -0.05) is 84.9 Å². The maximum Gasteiger partial charge on any atom is 0.417 e.